The third kappa shape index (κ3) is 3.51. The van der Waals surface area contributed by atoms with Gasteiger partial charge in [-0.15, -0.1) is 0 Å². The summed E-state index contributed by atoms with van der Waals surface area (Å²) >= 11 is 0. The highest BCUT2D eigenvalue weighted by atomic mass is 19.1. The molecule has 0 radical (unpaired) electrons. The van der Waals surface area contributed by atoms with Gasteiger partial charge in [-0.05, 0) is 31.2 Å². The van der Waals surface area contributed by atoms with Gasteiger partial charge in [-0.1, -0.05) is 13.0 Å². The summed E-state index contributed by atoms with van der Waals surface area (Å²) in [5.74, 6) is 0.862. The lowest BCUT2D eigenvalue weighted by Crippen LogP contribution is -2.12. The van der Waals surface area contributed by atoms with Crippen molar-refractivity contribution >= 4 is 0 Å². The fourth-order valence-corrected chi connectivity index (χ4v) is 1.71. The van der Waals surface area contributed by atoms with Gasteiger partial charge in [0.15, 0.2) is 0 Å². The molecule has 0 amide bonds. The number of halogens is 1. The smallest absolute Gasteiger partial charge is 0.150 e. The van der Waals surface area contributed by atoms with E-state index in [1.807, 2.05) is 19.9 Å². The van der Waals surface area contributed by atoms with Crippen molar-refractivity contribution in [3.05, 3.63) is 53.6 Å². The Hall–Kier alpha value is -1.94. The summed E-state index contributed by atoms with van der Waals surface area (Å²) in [6, 6.07) is 6.40. The Labute approximate surface area is 112 Å². The summed E-state index contributed by atoms with van der Waals surface area (Å²) < 4.78 is 19.0. The van der Waals surface area contributed by atoms with E-state index in [0.29, 0.717) is 18.0 Å². The van der Waals surface area contributed by atoms with Gasteiger partial charge in [-0.3, -0.25) is 4.98 Å². The van der Waals surface area contributed by atoms with Crippen LogP contribution in [0.3, 0.4) is 0 Å². The molecule has 19 heavy (non-hydrogen) atoms. The second-order valence-electron chi connectivity index (χ2n) is 4.28. The number of ether oxygens (including phenoxy) is 1. The minimum Gasteiger partial charge on any atom is -0.455 e. The number of benzene rings is 1. The predicted octanol–water partition coefficient (Wildman–Crippen LogP) is 3.43. The van der Waals surface area contributed by atoms with Crippen LogP contribution in [0.2, 0.25) is 0 Å². The van der Waals surface area contributed by atoms with Crippen LogP contribution < -0.4 is 10.1 Å². The Bertz CT molecular complexity index is 558. The van der Waals surface area contributed by atoms with Crippen LogP contribution in [0, 0.1) is 12.7 Å². The lowest BCUT2D eigenvalue weighted by Gasteiger charge is -2.12. The molecule has 2 rings (SSSR count). The first-order chi connectivity index (χ1) is 9.20. The minimum absolute atomic E-state index is 0.308. The van der Waals surface area contributed by atoms with Crippen molar-refractivity contribution in [3.63, 3.8) is 0 Å². The maximum atomic E-state index is 13.2. The Morgan fingerprint density at radius 1 is 1.26 bits per heavy atom. The van der Waals surface area contributed by atoms with Crippen molar-refractivity contribution in [2.75, 3.05) is 6.54 Å². The van der Waals surface area contributed by atoms with E-state index in [1.54, 1.807) is 18.5 Å². The first kappa shape index (κ1) is 13.5. The number of hydrogen-bond donors (Lipinski definition) is 1. The highest BCUT2D eigenvalue weighted by Gasteiger charge is 2.07. The van der Waals surface area contributed by atoms with Crippen LogP contribution in [0.1, 0.15) is 18.1 Å². The van der Waals surface area contributed by atoms with E-state index in [-0.39, 0.29) is 5.82 Å². The van der Waals surface area contributed by atoms with E-state index in [9.17, 15) is 4.39 Å². The molecule has 1 heterocycles. The third-order valence-electron chi connectivity index (χ3n) is 2.81. The Morgan fingerprint density at radius 2 is 2.11 bits per heavy atom. The molecule has 0 atom stereocenters. The number of nitrogens with one attached hydrogen (secondary N) is 1. The summed E-state index contributed by atoms with van der Waals surface area (Å²) in [6.07, 6.45) is 3.37. The second kappa shape index (κ2) is 6.29. The fraction of sp³-hybridized carbons (Fsp3) is 0.267. The van der Waals surface area contributed by atoms with Crippen molar-refractivity contribution in [1.29, 1.82) is 0 Å². The highest BCUT2D eigenvalue weighted by Crippen LogP contribution is 2.27. The molecular weight excluding hydrogens is 243 g/mol. The number of nitrogens with zero attached hydrogens (tertiary/aromatic N) is 1. The Kier molecular flexibility index (Phi) is 4.47. The quantitative estimate of drug-likeness (QED) is 0.894. The van der Waals surface area contributed by atoms with Crippen molar-refractivity contribution in [2.24, 2.45) is 0 Å². The molecule has 4 heteroatoms. The van der Waals surface area contributed by atoms with Gasteiger partial charge >= 0.3 is 0 Å². The Morgan fingerprint density at radius 3 is 2.89 bits per heavy atom. The molecule has 0 fully saturated rings. The third-order valence-corrected chi connectivity index (χ3v) is 2.81. The van der Waals surface area contributed by atoms with E-state index < -0.39 is 0 Å². The van der Waals surface area contributed by atoms with Gasteiger partial charge in [0, 0.05) is 24.4 Å². The Balaban J connectivity index is 2.25. The molecule has 0 bridgehead atoms. The normalized spacial score (nSPS) is 10.5. The zero-order valence-corrected chi connectivity index (χ0v) is 11.1. The van der Waals surface area contributed by atoms with Crippen LogP contribution in [0.4, 0.5) is 4.39 Å². The number of pyridine rings is 1. The molecular formula is C15H17FN2O. The molecule has 0 aliphatic rings. The van der Waals surface area contributed by atoms with Crippen molar-refractivity contribution in [2.45, 2.75) is 20.4 Å². The summed E-state index contributed by atoms with van der Waals surface area (Å²) in [5.41, 5.74) is 1.89. The highest BCUT2D eigenvalue weighted by molar-refractivity contribution is 5.39. The average molecular weight is 260 g/mol. The molecule has 0 aliphatic heterocycles. The maximum Gasteiger partial charge on any atom is 0.150 e. The van der Waals surface area contributed by atoms with Gasteiger partial charge in [-0.25, -0.2) is 4.39 Å². The van der Waals surface area contributed by atoms with Gasteiger partial charge in [0.1, 0.15) is 17.3 Å². The molecule has 0 spiro atoms. The molecule has 2 aromatic rings. The van der Waals surface area contributed by atoms with E-state index in [0.717, 1.165) is 17.7 Å². The molecule has 0 aliphatic carbocycles. The van der Waals surface area contributed by atoms with Crippen LogP contribution in [0.25, 0.3) is 0 Å². The van der Waals surface area contributed by atoms with Crippen LogP contribution in [-0.4, -0.2) is 11.5 Å². The number of rotatable bonds is 5. The standard InChI is InChI=1S/C15H17FN2O/c1-3-17-9-12-6-7-18-10-15(12)19-14-8-13(16)5-4-11(14)2/h4-8,10,17H,3,9H2,1-2H3. The molecule has 0 unspecified atom stereocenters. The van der Waals surface area contributed by atoms with Crippen molar-refractivity contribution in [3.8, 4) is 11.5 Å². The molecule has 1 aromatic carbocycles. The first-order valence-electron chi connectivity index (χ1n) is 6.28. The van der Waals surface area contributed by atoms with Crippen LogP contribution in [0.15, 0.2) is 36.7 Å². The van der Waals surface area contributed by atoms with Crippen LogP contribution >= 0.6 is 0 Å². The first-order valence-corrected chi connectivity index (χ1v) is 6.28. The fourth-order valence-electron chi connectivity index (χ4n) is 1.71. The number of aryl methyl sites for hydroxylation is 1. The van der Waals surface area contributed by atoms with Gasteiger partial charge in [0.05, 0.1) is 6.20 Å². The summed E-state index contributed by atoms with van der Waals surface area (Å²) in [7, 11) is 0. The zero-order valence-electron chi connectivity index (χ0n) is 11.1. The maximum absolute atomic E-state index is 13.2. The number of hydrogen-bond acceptors (Lipinski definition) is 3. The number of aromatic nitrogens is 1. The van der Waals surface area contributed by atoms with Gasteiger partial charge in [-0.2, -0.15) is 0 Å². The van der Waals surface area contributed by atoms with E-state index in [1.165, 1.54) is 12.1 Å². The largest absolute Gasteiger partial charge is 0.455 e. The second-order valence-corrected chi connectivity index (χ2v) is 4.28. The molecule has 0 saturated carbocycles. The van der Waals surface area contributed by atoms with Gasteiger partial charge in [0.2, 0.25) is 0 Å². The molecule has 1 aromatic heterocycles. The molecule has 100 valence electrons. The predicted molar refractivity (Wildman–Crippen MR) is 72.8 cm³/mol. The van der Waals surface area contributed by atoms with E-state index in [4.69, 9.17) is 4.74 Å². The topological polar surface area (TPSA) is 34.2 Å². The monoisotopic (exact) mass is 260 g/mol. The summed E-state index contributed by atoms with van der Waals surface area (Å²) in [6.45, 7) is 5.50. The summed E-state index contributed by atoms with van der Waals surface area (Å²) in [5, 5.41) is 3.23. The lowest BCUT2D eigenvalue weighted by molar-refractivity contribution is 0.462. The van der Waals surface area contributed by atoms with E-state index >= 15 is 0 Å². The molecule has 0 saturated heterocycles. The van der Waals surface area contributed by atoms with Gasteiger partial charge in [0.25, 0.3) is 0 Å². The van der Waals surface area contributed by atoms with Crippen LogP contribution in [0.5, 0.6) is 11.5 Å². The summed E-state index contributed by atoms with van der Waals surface area (Å²) in [4.78, 5) is 4.06. The lowest BCUT2D eigenvalue weighted by atomic mass is 10.2. The minimum atomic E-state index is -0.308. The van der Waals surface area contributed by atoms with Crippen LogP contribution in [-0.2, 0) is 6.54 Å². The molecule has 3 nitrogen and oxygen atoms in total. The van der Waals surface area contributed by atoms with Gasteiger partial charge < -0.3 is 10.1 Å². The molecule has 1 N–H and O–H groups in total. The van der Waals surface area contributed by atoms with Crippen molar-refractivity contribution in [1.82, 2.24) is 10.3 Å². The van der Waals surface area contributed by atoms with Crippen molar-refractivity contribution < 1.29 is 9.13 Å². The average Bonchev–Trinajstić information content (AvgIpc) is 2.42. The zero-order chi connectivity index (χ0) is 13.7. The SMILES string of the molecule is CCNCc1ccncc1Oc1cc(F)ccc1C. The van der Waals surface area contributed by atoms with E-state index in [2.05, 4.69) is 10.3 Å².